The van der Waals surface area contributed by atoms with Crippen LogP contribution in [0.1, 0.15) is 37.1 Å². The van der Waals surface area contributed by atoms with Gasteiger partial charge in [0.05, 0.1) is 35.5 Å². The topological polar surface area (TPSA) is 149 Å². The van der Waals surface area contributed by atoms with E-state index in [2.05, 4.69) is 20.5 Å². The maximum atomic E-state index is 11.2. The molecule has 0 radical (unpaired) electrons. The number of pyridine rings is 1. The van der Waals surface area contributed by atoms with Crippen molar-refractivity contribution < 1.29 is 19.8 Å². The maximum Gasteiger partial charge on any atom is 0.306 e. The Kier molecular flexibility index (Phi) is 5.76. The summed E-state index contributed by atoms with van der Waals surface area (Å²) in [4.78, 5) is 15.8. The summed E-state index contributed by atoms with van der Waals surface area (Å²) in [5.41, 5.74) is 8.12. The highest BCUT2D eigenvalue weighted by Crippen LogP contribution is 2.30. The van der Waals surface area contributed by atoms with E-state index in [1.807, 2.05) is 13.0 Å². The van der Waals surface area contributed by atoms with E-state index < -0.39 is 5.97 Å². The molecule has 0 saturated heterocycles. The molecule has 10 heteroatoms. The van der Waals surface area contributed by atoms with E-state index >= 15 is 0 Å². The summed E-state index contributed by atoms with van der Waals surface area (Å²) >= 11 is 0. The average molecular weight is 388 g/mol. The van der Waals surface area contributed by atoms with Gasteiger partial charge in [0, 0.05) is 7.05 Å². The summed E-state index contributed by atoms with van der Waals surface area (Å²) in [6.07, 6.45) is 2.93. The van der Waals surface area contributed by atoms with Crippen LogP contribution in [0.4, 0.5) is 0 Å². The van der Waals surface area contributed by atoms with Crippen molar-refractivity contribution in [2.45, 2.75) is 45.1 Å². The van der Waals surface area contributed by atoms with Gasteiger partial charge in [-0.05, 0) is 44.7 Å². The second-order valence-electron chi connectivity index (χ2n) is 7.00. The van der Waals surface area contributed by atoms with Crippen molar-refractivity contribution in [3.63, 3.8) is 0 Å². The smallest absolute Gasteiger partial charge is 0.306 e. The first-order valence-electron chi connectivity index (χ1n) is 9.11. The molecule has 0 spiro atoms. The molecule has 150 valence electrons. The van der Waals surface area contributed by atoms with Crippen LogP contribution in [0.2, 0.25) is 0 Å². The third-order valence-electron chi connectivity index (χ3n) is 4.97. The van der Waals surface area contributed by atoms with Gasteiger partial charge in [0.15, 0.2) is 0 Å². The van der Waals surface area contributed by atoms with E-state index in [-0.39, 0.29) is 24.3 Å². The van der Waals surface area contributed by atoms with Gasteiger partial charge in [-0.3, -0.25) is 9.48 Å². The Hall–Kier alpha value is -3.17. The van der Waals surface area contributed by atoms with Crippen molar-refractivity contribution in [2.75, 3.05) is 0 Å². The Morgan fingerprint density at radius 3 is 2.89 bits per heavy atom. The summed E-state index contributed by atoms with van der Waals surface area (Å²) in [5, 5.41) is 29.2. The molecule has 1 fully saturated rings. The molecule has 0 amide bonds. The highest BCUT2D eigenvalue weighted by Gasteiger charge is 2.28. The number of carboxylic acid groups (broad SMARTS) is 1. The summed E-state index contributed by atoms with van der Waals surface area (Å²) < 4.78 is 7.59. The van der Waals surface area contributed by atoms with Gasteiger partial charge >= 0.3 is 5.97 Å². The number of rotatable bonds is 6. The van der Waals surface area contributed by atoms with Crippen molar-refractivity contribution in [1.29, 1.82) is 0 Å². The number of aryl methyl sites for hydroxylation is 2. The van der Waals surface area contributed by atoms with Crippen molar-refractivity contribution in [2.24, 2.45) is 23.9 Å². The minimum Gasteiger partial charge on any atom is -0.489 e. The zero-order chi connectivity index (χ0) is 20.3. The third kappa shape index (κ3) is 4.21. The number of aromatic nitrogens is 4. The fraction of sp³-hybridized carbons (Fsp3) is 0.500. The lowest BCUT2D eigenvalue weighted by Crippen LogP contribution is -2.29. The van der Waals surface area contributed by atoms with Gasteiger partial charge < -0.3 is 20.8 Å². The van der Waals surface area contributed by atoms with E-state index in [0.29, 0.717) is 41.4 Å². The standard InChI is InChI=1S/C18H24N6O4/c1-10-15(28-12-5-3-4-11(8-12)18(25)26)7-6-13(20-10)17-14(9-16(19)22-27)24(2)23-21-17/h6-7,11-12,27H,3-5,8-9H2,1-2H3,(H2,19,22)(H,25,26). The molecule has 10 nitrogen and oxygen atoms in total. The summed E-state index contributed by atoms with van der Waals surface area (Å²) in [5.74, 6) is -0.443. The number of amidine groups is 1. The molecule has 28 heavy (non-hydrogen) atoms. The van der Waals surface area contributed by atoms with Crippen LogP contribution in [-0.2, 0) is 18.3 Å². The molecule has 1 aliphatic carbocycles. The van der Waals surface area contributed by atoms with Crippen LogP contribution in [0.3, 0.4) is 0 Å². The number of carbonyl (C=O) groups is 1. The van der Waals surface area contributed by atoms with Gasteiger partial charge in [-0.15, -0.1) is 5.10 Å². The fourth-order valence-electron chi connectivity index (χ4n) is 3.44. The van der Waals surface area contributed by atoms with Crippen LogP contribution in [0, 0.1) is 12.8 Å². The number of aliphatic carboxylic acids is 1. The molecule has 2 aromatic rings. The largest absolute Gasteiger partial charge is 0.489 e. The predicted octanol–water partition coefficient (Wildman–Crippen LogP) is 1.50. The predicted molar refractivity (Wildman–Crippen MR) is 100 cm³/mol. The second kappa shape index (κ2) is 8.24. The molecule has 2 atom stereocenters. The van der Waals surface area contributed by atoms with Crippen molar-refractivity contribution in [3.8, 4) is 17.1 Å². The molecular formula is C18H24N6O4. The lowest BCUT2D eigenvalue weighted by atomic mass is 9.87. The van der Waals surface area contributed by atoms with Gasteiger partial charge in [0.25, 0.3) is 0 Å². The Balaban J connectivity index is 1.79. The molecule has 2 heterocycles. The molecule has 2 aromatic heterocycles. The quantitative estimate of drug-likeness (QED) is 0.292. The first-order chi connectivity index (χ1) is 13.4. The monoisotopic (exact) mass is 388 g/mol. The fourth-order valence-corrected chi connectivity index (χ4v) is 3.44. The molecule has 0 aliphatic heterocycles. The normalized spacial score (nSPS) is 20.1. The Bertz CT molecular complexity index is 894. The Morgan fingerprint density at radius 2 is 2.21 bits per heavy atom. The second-order valence-corrected chi connectivity index (χ2v) is 7.00. The minimum absolute atomic E-state index is 0.0496. The van der Waals surface area contributed by atoms with E-state index in [9.17, 15) is 9.90 Å². The number of nitrogens with two attached hydrogens (primary N) is 1. The molecule has 4 N–H and O–H groups in total. The first kappa shape index (κ1) is 19.6. The van der Waals surface area contributed by atoms with Gasteiger partial charge in [-0.1, -0.05) is 10.4 Å². The number of hydrogen-bond acceptors (Lipinski definition) is 7. The molecule has 2 unspecified atom stereocenters. The van der Waals surface area contributed by atoms with Gasteiger partial charge in [-0.2, -0.15) is 0 Å². The van der Waals surface area contributed by atoms with Crippen molar-refractivity contribution in [3.05, 3.63) is 23.5 Å². The van der Waals surface area contributed by atoms with Crippen LogP contribution in [0.25, 0.3) is 11.4 Å². The summed E-state index contributed by atoms with van der Waals surface area (Å²) in [6, 6.07) is 3.59. The number of oxime groups is 1. The van der Waals surface area contributed by atoms with Gasteiger partial charge in [0.2, 0.25) is 0 Å². The first-order valence-corrected chi connectivity index (χ1v) is 9.11. The highest BCUT2D eigenvalue weighted by molar-refractivity contribution is 5.83. The van der Waals surface area contributed by atoms with Crippen LogP contribution in [0.15, 0.2) is 17.3 Å². The van der Waals surface area contributed by atoms with Gasteiger partial charge in [-0.25, -0.2) is 4.98 Å². The van der Waals surface area contributed by atoms with E-state index in [0.717, 1.165) is 12.8 Å². The molecule has 0 aromatic carbocycles. The number of carboxylic acids is 1. The third-order valence-corrected chi connectivity index (χ3v) is 4.97. The summed E-state index contributed by atoms with van der Waals surface area (Å²) in [7, 11) is 1.72. The number of ether oxygens (including phenoxy) is 1. The lowest BCUT2D eigenvalue weighted by Gasteiger charge is -2.27. The highest BCUT2D eigenvalue weighted by atomic mass is 16.5. The van der Waals surface area contributed by atoms with Crippen LogP contribution in [0.5, 0.6) is 5.75 Å². The summed E-state index contributed by atoms with van der Waals surface area (Å²) in [6.45, 7) is 1.83. The number of hydrogen-bond donors (Lipinski definition) is 3. The molecule has 1 saturated carbocycles. The van der Waals surface area contributed by atoms with Crippen LogP contribution >= 0.6 is 0 Å². The van der Waals surface area contributed by atoms with E-state index in [4.69, 9.17) is 15.7 Å². The van der Waals surface area contributed by atoms with Crippen LogP contribution in [-0.4, -0.2) is 48.2 Å². The number of nitrogens with zero attached hydrogens (tertiary/aromatic N) is 5. The van der Waals surface area contributed by atoms with Crippen LogP contribution < -0.4 is 10.5 Å². The molecule has 1 aliphatic rings. The SMILES string of the molecule is Cc1nc(-c2nnn(C)c2C/C(N)=N/O)ccc1OC1CCCC(C(=O)O)C1. The van der Waals surface area contributed by atoms with E-state index in [1.165, 1.54) is 0 Å². The van der Waals surface area contributed by atoms with Crippen molar-refractivity contribution >= 4 is 11.8 Å². The zero-order valence-electron chi connectivity index (χ0n) is 15.9. The Morgan fingerprint density at radius 1 is 1.43 bits per heavy atom. The Labute approximate surface area is 162 Å². The van der Waals surface area contributed by atoms with E-state index in [1.54, 1.807) is 17.8 Å². The van der Waals surface area contributed by atoms with Gasteiger partial charge in [0.1, 0.15) is 17.3 Å². The zero-order valence-corrected chi connectivity index (χ0v) is 15.9. The maximum absolute atomic E-state index is 11.2. The minimum atomic E-state index is -0.764. The lowest BCUT2D eigenvalue weighted by molar-refractivity contribution is -0.143. The molecular weight excluding hydrogens is 364 g/mol. The molecule has 0 bridgehead atoms. The molecule has 3 rings (SSSR count). The average Bonchev–Trinajstić information content (AvgIpc) is 3.04. The van der Waals surface area contributed by atoms with Crippen molar-refractivity contribution in [1.82, 2.24) is 20.0 Å².